The maximum Gasteiger partial charge on any atom is 0.307 e. The maximum atomic E-state index is 11.5. The van der Waals surface area contributed by atoms with Gasteiger partial charge in [-0.2, -0.15) is 0 Å². The van der Waals surface area contributed by atoms with Crippen LogP contribution in [0.5, 0.6) is 0 Å². The van der Waals surface area contributed by atoms with Gasteiger partial charge in [0.1, 0.15) is 5.15 Å². The summed E-state index contributed by atoms with van der Waals surface area (Å²) in [5.74, 6) is -1.42. The normalized spacial score (nSPS) is 12.1. The third-order valence-electron chi connectivity index (χ3n) is 3.11. The Labute approximate surface area is 141 Å². The number of nitrogens with zero attached hydrogens (tertiary/aromatic N) is 1. The molecule has 6 heteroatoms. The Balaban J connectivity index is 2.15. The van der Waals surface area contributed by atoms with Crippen molar-refractivity contribution in [3.63, 3.8) is 0 Å². The van der Waals surface area contributed by atoms with E-state index in [9.17, 15) is 9.90 Å². The summed E-state index contributed by atoms with van der Waals surface area (Å²) in [5.41, 5.74) is 1.65. The second-order valence-corrected chi connectivity index (χ2v) is 6.38. The highest BCUT2D eigenvalue weighted by Gasteiger charge is 2.20. The van der Waals surface area contributed by atoms with E-state index in [1.54, 1.807) is 0 Å². The van der Waals surface area contributed by atoms with Gasteiger partial charge in [0, 0.05) is 15.7 Å². The molecule has 110 valence electrons. The highest BCUT2D eigenvalue weighted by atomic mass is 79.9. The number of hydrogen-bond acceptors (Lipinski definition) is 2. The Bertz CT molecular complexity index is 647. The first-order valence-corrected chi connectivity index (χ1v) is 7.78. The van der Waals surface area contributed by atoms with Crippen molar-refractivity contribution in [1.82, 2.24) is 4.98 Å². The number of carbonyl (C=O) groups is 1. The third kappa shape index (κ3) is 4.70. The van der Waals surface area contributed by atoms with Crippen molar-refractivity contribution in [1.29, 1.82) is 0 Å². The molecule has 0 saturated heterocycles. The first kappa shape index (κ1) is 16.3. The van der Waals surface area contributed by atoms with Crippen LogP contribution in [0.15, 0.2) is 41.0 Å². The number of aliphatic carboxylic acids is 1. The zero-order valence-corrected chi connectivity index (χ0v) is 14.0. The predicted octanol–water partition coefficient (Wildman–Crippen LogP) is 4.64. The second-order valence-electron chi connectivity index (χ2n) is 4.67. The van der Waals surface area contributed by atoms with Crippen molar-refractivity contribution in [2.75, 3.05) is 0 Å². The van der Waals surface area contributed by atoms with E-state index in [1.165, 1.54) is 12.3 Å². The van der Waals surface area contributed by atoms with Crippen LogP contribution in [0, 0.1) is 5.92 Å². The number of carboxylic acid groups (broad SMARTS) is 1. The highest BCUT2D eigenvalue weighted by Crippen LogP contribution is 2.23. The lowest BCUT2D eigenvalue weighted by Gasteiger charge is -2.13. The number of hydrogen-bond donors (Lipinski definition) is 1. The summed E-state index contributed by atoms with van der Waals surface area (Å²) >= 11 is 15.2. The molecule has 0 aliphatic carbocycles. The molecule has 0 spiro atoms. The summed E-state index contributed by atoms with van der Waals surface area (Å²) in [6.45, 7) is 0. The predicted molar refractivity (Wildman–Crippen MR) is 86.9 cm³/mol. The van der Waals surface area contributed by atoms with E-state index >= 15 is 0 Å². The molecule has 0 aliphatic rings. The summed E-state index contributed by atoms with van der Waals surface area (Å²) in [4.78, 5) is 15.4. The Morgan fingerprint density at radius 1 is 1.24 bits per heavy atom. The number of halogens is 3. The largest absolute Gasteiger partial charge is 0.481 e. The van der Waals surface area contributed by atoms with Crippen molar-refractivity contribution < 1.29 is 9.90 Å². The Kier molecular flexibility index (Phi) is 5.62. The molecule has 1 aromatic carbocycles. The fraction of sp³-hybridized carbons (Fsp3) is 0.200. The quantitative estimate of drug-likeness (QED) is 0.759. The van der Waals surface area contributed by atoms with Crippen LogP contribution in [0.3, 0.4) is 0 Å². The van der Waals surface area contributed by atoms with Crippen LogP contribution in [-0.4, -0.2) is 16.1 Å². The molecule has 0 aliphatic heterocycles. The average Bonchev–Trinajstić information content (AvgIpc) is 2.43. The standard InChI is InChI=1S/C15H12BrCl2NO2/c16-12-3-1-9(2-4-12)5-10(15(20)21)6-11-8-19-14(18)7-13(11)17/h1-4,7-8,10H,5-6H2,(H,20,21). The molecule has 1 N–H and O–H groups in total. The smallest absolute Gasteiger partial charge is 0.307 e. The first-order chi connectivity index (χ1) is 9.95. The summed E-state index contributed by atoms with van der Waals surface area (Å²) in [6.07, 6.45) is 2.28. The van der Waals surface area contributed by atoms with E-state index in [4.69, 9.17) is 23.2 Å². The monoisotopic (exact) mass is 387 g/mol. The van der Waals surface area contributed by atoms with Crippen LogP contribution in [0.1, 0.15) is 11.1 Å². The minimum absolute atomic E-state index is 0.295. The minimum atomic E-state index is -0.857. The van der Waals surface area contributed by atoms with Gasteiger partial charge in [-0.3, -0.25) is 4.79 Å². The summed E-state index contributed by atoms with van der Waals surface area (Å²) in [6, 6.07) is 9.12. The van der Waals surface area contributed by atoms with E-state index in [0.717, 1.165) is 10.0 Å². The van der Waals surface area contributed by atoms with Gasteiger partial charge in [-0.1, -0.05) is 51.3 Å². The van der Waals surface area contributed by atoms with Gasteiger partial charge in [-0.15, -0.1) is 0 Å². The van der Waals surface area contributed by atoms with Crippen molar-refractivity contribution in [3.8, 4) is 0 Å². The summed E-state index contributed by atoms with van der Waals surface area (Å²) < 4.78 is 0.961. The number of carboxylic acids is 1. The SMILES string of the molecule is O=C(O)C(Cc1ccc(Br)cc1)Cc1cnc(Cl)cc1Cl. The number of benzene rings is 1. The molecule has 3 nitrogen and oxygen atoms in total. The van der Waals surface area contributed by atoms with Gasteiger partial charge >= 0.3 is 5.97 Å². The molecule has 0 fully saturated rings. The van der Waals surface area contributed by atoms with Crippen molar-refractivity contribution in [3.05, 3.63) is 62.3 Å². The molecule has 1 atom stereocenters. The fourth-order valence-electron chi connectivity index (χ4n) is 2.00. The van der Waals surface area contributed by atoms with Gasteiger partial charge in [-0.25, -0.2) is 4.98 Å². The van der Waals surface area contributed by atoms with Gasteiger partial charge in [0.25, 0.3) is 0 Å². The van der Waals surface area contributed by atoms with E-state index in [-0.39, 0.29) is 0 Å². The molecule has 0 saturated carbocycles. The van der Waals surface area contributed by atoms with Gasteiger partial charge in [-0.05, 0) is 42.2 Å². The minimum Gasteiger partial charge on any atom is -0.481 e. The first-order valence-electron chi connectivity index (χ1n) is 6.23. The molecular formula is C15H12BrCl2NO2. The number of aromatic nitrogens is 1. The zero-order valence-electron chi connectivity index (χ0n) is 10.9. The van der Waals surface area contributed by atoms with E-state index < -0.39 is 11.9 Å². The van der Waals surface area contributed by atoms with Crippen LogP contribution in [0.25, 0.3) is 0 Å². The molecule has 21 heavy (non-hydrogen) atoms. The van der Waals surface area contributed by atoms with Crippen molar-refractivity contribution in [2.24, 2.45) is 5.92 Å². The molecular weight excluding hydrogens is 377 g/mol. The lowest BCUT2D eigenvalue weighted by molar-refractivity contribution is -0.141. The van der Waals surface area contributed by atoms with E-state index in [0.29, 0.717) is 28.6 Å². The van der Waals surface area contributed by atoms with Gasteiger partial charge < -0.3 is 5.11 Å². The molecule has 0 amide bonds. The summed E-state index contributed by atoms with van der Waals surface area (Å²) in [7, 11) is 0. The van der Waals surface area contributed by atoms with Crippen LogP contribution >= 0.6 is 39.1 Å². The van der Waals surface area contributed by atoms with Crippen LogP contribution in [0.4, 0.5) is 0 Å². The summed E-state index contributed by atoms with van der Waals surface area (Å²) in [5, 5.41) is 10.1. The van der Waals surface area contributed by atoms with Gasteiger partial charge in [0.05, 0.1) is 5.92 Å². The lowest BCUT2D eigenvalue weighted by Crippen LogP contribution is -2.19. The molecule has 0 bridgehead atoms. The van der Waals surface area contributed by atoms with Crippen LogP contribution in [-0.2, 0) is 17.6 Å². The topological polar surface area (TPSA) is 50.2 Å². The average molecular weight is 389 g/mol. The second kappa shape index (κ2) is 7.25. The van der Waals surface area contributed by atoms with Gasteiger partial charge in [0.15, 0.2) is 0 Å². The van der Waals surface area contributed by atoms with Crippen LogP contribution in [0.2, 0.25) is 10.2 Å². The molecule has 1 aromatic heterocycles. The van der Waals surface area contributed by atoms with Crippen molar-refractivity contribution >= 4 is 45.1 Å². The molecule has 1 unspecified atom stereocenters. The fourth-order valence-corrected chi connectivity index (χ4v) is 2.71. The van der Waals surface area contributed by atoms with E-state index in [2.05, 4.69) is 20.9 Å². The van der Waals surface area contributed by atoms with Crippen LogP contribution < -0.4 is 0 Å². The Morgan fingerprint density at radius 2 is 1.90 bits per heavy atom. The highest BCUT2D eigenvalue weighted by molar-refractivity contribution is 9.10. The molecule has 2 aromatic rings. The Hall–Kier alpha value is -1.10. The van der Waals surface area contributed by atoms with Crippen molar-refractivity contribution in [2.45, 2.75) is 12.8 Å². The van der Waals surface area contributed by atoms with Gasteiger partial charge in [0.2, 0.25) is 0 Å². The molecule has 2 rings (SSSR count). The number of pyridine rings is 1. The van der Waals surface area contributed by atoms with E-state index in [1.807, 2.05) is 24.3 Å². The number of rotatable bonds is 5. The third-order valence-corrected chi connectivity index (χ3v) is 4.19. The molecule has 0 radical (unpaired) electrons. The molecule has 1 heterocycles. The Morgan fingerprint density at radius 3 is 2.48 bits per heavy atom. The maximum absolute atomic E-state index is 11.5. The lowest BCUT2D eigenvalue weighted by atomic mass is 9.93. The zero-order chi connectivity index (χ0) is 15.4.